The average Bonchev–Trinajstić information content (AvgIpc) is 2.38. The van der Waals surface area contributed by atoms with Crippen LogP contribution >= 0.6 is 23.2 Å². The molecular weight excluding hydrogens is 297 g/mol. The monoisotopic (exact) mass is 315 g/mol. The molecule has 0 saturated heterocycles. The Balaban J connectivity index is 1.82. The molecule has 1 fully saturated rings. The van der Waals surface area contributed by atoms with Crippen LogP contribution in [0.1, 0.15) is 32.6 Å². The predicted molar refractivity (Wildman–Crippen MR) is 81.5 cm³/mol. The maximum atomic E-state index is 11.9. The summed E-state index contributed by atoms with van der Waals surface area (Å²) in [5.74, 6) is 0.947. The Labute approximate surface area is 129 Å². The maximum Gasteiger partial charge on any atom is 0.258 e. The Morgan fingerprint density at radius 2 is 1.90 bits per heavy atom. The van der Waals surface area contributed by atoms with Crippen molar-refractivity contribution in [3.8, 4) is 5.75 Å². The van der Waals surface area contributed by atoms with E-state index < -0.39 is 0 Å². The number of benzene rings is 1. The lowest BCUT2D eigenvalue weighted by Crippen LogP contribution is -2.43. The minimum absolute atomic E-state index is 0.0140. The zero-order valence-corrected chi connectivity index (χ0v) is 13.0. The molecule has 1 aliphatic carbocycles. The Bertz CT molecular complexity index is 459. The molecule has 3 nitrogen and oxygen atoms in total. The standard InChI is InChI=1S/C15H19Cl2NO2/c1-10-4-2-3-5-14(10)18-15(19)9-20-13-7-11(16)6-12(17)8-13/h6-8,10,14H,2-5,9H2,1H3,(H,18,19). The largest absolute Gasteiger partial charge is 0.484 e. The van der Waals surface area contributed by atoms with Crippen molar-refractivity contribution < 1.29 is 9.53 Å². The summed E-state index contributed by atoms with van der Waals surface area (Å²) in [4.78, 5) is 11.9. The number of carbonyl (C=O) groups excluding carboxylic acids is 1. The number of nitrogens with one attached hydrogen (secondary N) is 1. The molecule has 0 spiro atoms. The first kappa shape index (κ1) is 15.5. The van der Waals surface area contributed by atoms with Gasteiger partial charge in [-0.25, -0.2) is 0 Å². The quantitative estimate of drug-likeness (QED) is 0.909. The van der Waals surface area contributed by atoms with E-state index in [0.717, 1.165) is 6.42 Å². The van der Waals surface area contributed by atoms with Crippen molar-refractivity contribution in [2.24, 2.45) is 5.92 Å². The Hall–Kier alpha value is -0.930. The summed E-state index contributed by atoms with van der Waals surface area (Å²) in [5, 5.41) is 4.03. The third-order valence-corrected chi connectivity index (χ3v) is 4.10. The van der Waals surface area contributed by atoms with E-state index >= 15 is 0 Å². The van der Waals surface area contributed by atoms with E-state index in [0.29, 0.717) is 21.7 Å². The Kier molecular flexibility index (Phi) is 5.55. The van der Waals surface area contributed by atoms with Gasteiger partial charge in [0.25, 0.3) is 5.91 Å². The summed E-state index contributed by atoms with van der Waals surface area (Å²) in [7, 11) is 0. The highest BCUT2D eigenvalue weighted by Crippen LogP contribution is 2.25. The average molecular weight is 316 g/mol. The SMILES string of the molecule is CC1CCCCC1NC(=O)COc1cc(Cl)cc(Cl)c1. The van der Waals surface area contributed by atoms with Crippen LogP contribution in [0.15, 0.2) is 18.2 Å². The van der Waals surface area contributed by atoms with Crippen LogP contribution in [-0.2, 0) is 4.79 Å². The van der Waals surface area contributed by atoms with Crippen molar-refractivity contribution >= 4 is 29.1 Å². The Morgan fingerprint density at radius 1 is 1.25 bits per heavy atom. The van der Waals surface area contributed by atoms with Crippen LogP contribution < -0.4 is 10.1 Å². The third kappa shape index (κ3) is 4.57. The molecule has 0 radical (unpaired) electrons. The van der Waals surface area contributed by atoms with Gasteiger partial charge in [-0.05, 0) is 37.0 Å². The summed E-state index contributed by atoms with van der Waals surface area (Å²) in [6.45, 7) is 2.17. The van der Waals surface area contributed by atoms with E-state index in [1.165, 1.54) is 19.3 Å². The lowest BCUT2D eigenvalue weighted by molar-refractivity contribution is -0.124. The van der Waals surface area contributed by atoms with Crippen LogP contribution in [0.25, 0.3) is 0 Å². The number of carbonyl (C=O) groups is 1. The second-order valence-electron chi connectivity index (χ2n) is 5.33. The van der Waals surface area contributed by atoms with Crippen LogP contribution in [-0.4, -0.2) is 18.6 Å². The van der Waals surface area contributed by atoms with Gasteiger partial charge in [0.1, 0.15) is 5.75 Å². The van der Waals surface area contributed by atoms with Crippen molar-refractivity contribution in [2.45, 2.75) is 38.6 Å². The van der Waals surface area contributed by atoms with Crippen molar-refractivity contribution in [1.29, 1.82) is 0 Å². The molecule has 5 heteroatoms. The molecule has 0 heterocycles. The van der Waals surface area contributed by atoms with E-state index in [4.69, 9.17) is 27.9 Å². The predicted octanol–water partition coefficient (Wildman–Crippen LogP) is 4.07. The second-order valence-corrected chi connectivity index (χ2v) is 6.20. The van der Waals surface area contributed by atoms with Crippen LogP contribution in [0.2, 0.25) is 10.0 Å². The Morgan fingerprint density at radius 3 is 2.55 bits per heavy atom. The van der Waals surface area contributed by atoms with Crippen LogP contribution in [0.3, 0.4) is 0 Å². The molecule has 2 unspecified atom stereocenters. The summed E-state index contributed by atoms with van der Waals surface area (Å²) in [5.41, 5.74) is 0. The van der Waals surface area contributed by atoms with E-state index in [-0.39, 0.29) is 18.6 Å². The zero-order chi connectivity index (χ0) is 14.5. The second kappa shape index (κ2) is 7.19. The van der Waals surface area contributed by atoms with Crippen molar-refractivity contribution in [3.05, 3.63) is 28.2 Å². The molecule has 1 aliphatic rings. The summed E-state index contributed by atoms with van der Waals surface area (Å²) < 4.78 is 5.43. The van der Waals surface area contributed by atoms with Crippen molar-refractivity contribution in [2.75, 3.05) is 6.61 Å². The fourth-order valence-corrected chi connectivity index (χ4v) is 3.05. The molecule has 0 bridgehead atoms. The van der Waals surface area contributed by atoms with Crippen LogP contribution in [0.4, 0.5) is 0 Å². The molecule has 1 amide bonds. The molecular formula is C15H19Cl2NO2. The van der Waals surface area contributed by atoms with Gasteiger partial charge in [0.15, 0.2) is 6.61 Å². The lowest BCUT2D eigenvalue weighted by atomic mass is 9.86. The highest BCUT2D eigenvalue weighted by atomic mass is 35.5. The normalized spacial score (nSPS) is 22.4. The van der Waals surface area contributed by atoms with Crippen LogP contribution in [0.5, 0.6) is 5.75 Å². The molecule has 2 atom stereocenters. The summed E-state index contributed by atoms with van der Waals surface area (Å²) >= 11 is 11.8. The third-order valence-electron chi connectivity index (χ3n) is 3.66. The molecule has 1 aromatic carbocycles. The minimum atomic E-state index is -0.0974. The first-order chi connectivity index (χ1) is 9.54. The smallest absolute Gasteiger partial charge is 0.258 e. The van der Waals surface area contributed by atoms with Gasteiger partial charge in [-0.15, -0.1) is 0 Å². The molecule has 0 aliphatic heterocycles. The summed E-state index contributed by atoms with van der Waals surface area (Å²) in [6, 6.07) is 5.18. The van der Waals surface area contributed by atoms with E-state index in [1.54, 1.807) is 18.2 Å². The van der Waals surface area contributed by atoms with Gasteiger partial charge in [-0.3, -0.25) is 4.79 Å². The van der Waals surface area contributed by atoms with Gasteiger partial charge in [0, 0.05) is 16.1 Å². The number of rotatable bonds is 4. The molecule has 2 rings (SSSR count). The number of hydrogen-bond acceptors (Lipinski definition) is 2. The van der Waals surface area contributed by atoms with E-state index in [2.05, 4.69) is 12.2 Å². The van der Waals surface area contributed by atoms with E-state index in [1.807, 2.05) is 0 Å². The number of hydrogen-bond donors (Lipinski definition) is 1. The molecule has 0 aromatic heterocycles. The fraction of sp³-hybridized carbons (Fsp3) is 0.533. The van der Waals surface area contributed by atoms with Crippen molar-refractivity contribution in [3.63, 3.8) is 0 Å². The number of ether oxygens (including phenoxy) is 1. The van der Waals surface area contributed by atoms with Gasteiger partial charge in [0.05, 0.1) is 0 Å². The molecule has 1 saturated carbocycles. The topological polar surface area (TPSA) is 38.3 Å². The van der Waals surface area contributed by atoms with Gasteiger partial charge in [-0.2, -0.15) is 0 Å². The van der Waals surface area contributed by atoms with Crippen LogP contribution in [0, 0.1) is 5.92 Å². The van der Waals surface area contributed by atoms with Gasteiger partial charge >= 0.3 is 0 Å². The van der Waals surface area contributed by atoms with Crippen molar-refractivity contribution in [1.82, 2.24) is 5.32 Å². The fourth-order valence-electron chi connectivity index (χ4n) is 2.54. The highest BCUT2D eigenvalue weighted by molar-refractivity contribution is 6.34. The summed E-state index contributed by atoms with van der Waals surface area (Å²) in [6.07, 6.45) is 4.66. The molecule has 20 heavy (non-hydrogen) atoms. The molecule has 1 aromatic rings. The number of amides is 1. The molecule has 1 N–H and O–H groups in total. The first-order valence-corrected chi connectivity index (χ1v) is 7.68. The van der Waals surface area contributed by atoms with Gasteiger partial charge < -0.3 is 10.1 Å². The van der Waals surface area contributed by atoms with Gasteiger partial charge in [-0.1, -0.05) is 43.0 Å². The van der Waals surface area contributed by atoms with E-state index in [9.17, 15) is 4.79 Å². The zero-order valence-electron chi connectivity index (χ0n) is 11.5. The maximum absolute atomic E-state index is 11.9. The van der Waals surface area contributed by atoms with Gasteiger partial charge in [0.2, 0.25) is 0 Å². The number of halogens is 2. The lowest BCUT2D eigenvalue weighted by Gasteiger charge is -2.29. The minimum Gasteiger partial charge on any atom is -0.484 e. The highest BCUT2D eigenvalue weighted by Gasteiger charge is 2.22. The molecule has 110 valence electrons. The first-order valence-electron chi connectivity index (χ1n) is 6.93.